The van der Waals surface area contributed by atoms with Crippen LogP contribution in [0.4, 0.5) is 0 Å². The van der Waals surface area contributed by atoms with Crippen molar-refractivity contribution in [2.24, 2.45) is 0 Å². The van der Waals surface area contributed by atoms with Gasteiger partial charge in [0.15, 0.2) is 6.10 Å². The Balaban J connectivity index is 1.95. The lowest BCUT2D eigenvalue weighted by Crippen LogP contribution is -2.36. The van der Waals surface area contributed by atoms with E-state index in [2.05, 4.69) is 5.32 Å². The second kappa shape index (κ2) is 7.12. The van der Waals surface area contributed by atoms with Crippen molar-refractivity contribution < 1.29 is 9.53 Å². The van der Waals surface area contributed by atoms with Crippen molar-refractivity contribution in [3.05, 3.63) is 64.7 Å². The van der Waals surface area contributed by atoms with Gasteiger partial charge in [0, 0.05) is 6.54 Å². The van der Waals surface area contributed by atoms with Crippen molar-refractivity contribution in [1.29, 1.82) is 0 Å². The summed E-state index contributed by atoms with van der Waals surface area (Å²) in [5.74, 6) is 0.655. The van der Waals surface area contributed by atoms with Gasteiger partial charge in [-0.3, -0.25) is 4.79 Å². The Morgan fingerprint density at radius 2 is 1.73 bits per heavy atom. The van der Waals surface area contributed by atoms with Gasteiger partial charge in [-0.1, -0.05) is 36.4 Å². The van der Waals surface area contributed by atoms with Gasteiger partial charge in [-0.15, -0.1) is 0 Å². The SMILES string of the molecule is Cc1ccccc1CNC(=O)[C@H](C)Oc1cccc(C)c1C. The average molecular weight is 297 g/mol. The van der Waals surface area contributed by atoms with Crippen LogP contribution in [0.1, 0.15) is 29.2 Å². The van der Waals surface area contributed by atoms with Crippen molar-refractivity contribution in [2.75, 3.05) is 0 Å². The quantitative estimate of drug-likeness (QED) is 0.914. The van der Waals surface area contributed by atoms with Gasteiger partial charge >= 0.3 is 0 Å². The van der Waals surface area contributed by atoms with Crippen LogP contribution >= 0.6 is 0 Å². The van der Waals surface area contributed by atoms with E-state index in [0.717, 1.165) is 22.4 Å². The van der Waals surface area contributed by atoms with E-state index in [1.165, 1.54) is 5.56 Å². The van der Waals surface area contributed by atoms with E-state index < -0.39 is 6.10 Å². The van der Waals surface area contributed by atoms with Gasteiger partial charge in [-0.2, -0.15) is 0 Å². The molecule has 3 heteroatoms. The zero-order chi connectivity index (χ0) is 16.1. The van der Waals surface area contributed by atoms with Gasteiger partial charge in [-0.05, 0) is 56.0 Å². The summed E-state index contributed by atoms with van der Waals surface area (Å²) in [6, 6.07) is 13.9. The van der Waals surface area contributed by atoms with Crippen LogP contribution in [0.15, 0.2) is 42.5 Å². The Bertz CT molecular complexity index is 664. The highest BCUT2D eigenvalue weighted by atomic mass is 16.5. The molecule has 1 N–H and O–H groups in total. The lowest BCUT2D eigenvalue weighted by Gasteiger charge is -2.17. The number of carbonyl (C=O) groups is 1. The zero-order valence-electron chi connectivity index (χ0n) is 13.6. The molecule has 3 nitrogen and oxygen atoms in total. The molecule has 0 bridgehead atoms. The first-order valence-electron chi connectivity index (χ1n) is 7.54. The normalized spacial score (nSPS) is 11.8. The van der Waals surface area contributed by atoms with Crippen molar-refractivity contribution in [2.45, 2.75) is 40.3 Å². The van der Waals surface area contributed by atoms with Crippen LogP contribution in [0, 0.1) is 20.8 Å². The van der Waals surface area contributed by atoms with Crippen LogP contribution in [0.5, 0.6) is 5.75 Å². The molecule has 0 unspecified atom stereocenters. The molecule has 1 atom stereocenters. The standard InChI is InChI=1S/C19H23NO2/c1-13-9-7-11-18(15(13)3)22-16(4)19(21)20-12-17-10-6-5-8-14(17)2/h5-11,16H,12H2,1-4H3,(H,20,21)/t16-/m0/s1. The fourth-order valence-corrected chi connectivity index (χ4v) is 2.23. The molecule has 0 radical (unpaired) electrons. The fraction of sp³-hybridized carbons (Fsp3) is 0.316. The second-order valence-electron chi connectivity index (χ2n) is 5.60. The van der Waals surface area contributed by atoms with Crippen LogP contribution in [0.2, 0.25) is 0 Å². The van der Waals surface area contributed by atoms with Crippen LogP contribution < -0.4 is 10.1 Å². The minimum absolute atomic E-state index is 0.107. The number of hydrogen-bond acceptors (Lipinski definition) is 2. The Kier molecular flexibility index (Phi) is 5.21. The molecule has 2 aromatic carbocycles. The molecule has 0 aliphatic heterocycles. The third-order valence-corrected chi connectivity index (χ3v) is 3.94. The number of carbonyl (C=O) groups excluding carboxylic acids is 1. The summed E-state index contributed by atoms with van der Waals surface area (Å²) in [7, 11) is 0. The number of hydrogen-bond donors (Lipinski definition) is 1. The minimum atomic E-state index is -0.524. The summed E-state index contributed by atoms with van der Waals surface area (Å²) >= 11 is 0. The molecule has 0 heterocycles. The Labute approximate surface area is 132 Å². The number of rotatable bonds is 5. The van der Waals surface area contributed by atoms with Gasteiger partial charge in [0.1, 0.15) is 5.75 Å². The van der Waals surface area contributed by atoms with Gasteiger partial charge in [0.05, 0.1) is 0 Å². The summed E-state index contributed by atoms with van der Waals surface area (Å²) in [5.41, 5.74) is 4.52. The lowest BCUT2D eigenvalue weighted by atomic mass is 10.1. The Hall–Kier alpha value is -2.29. The summed E-state index contributed by atoms with van der Waals surface area (Å²) in [4.78, 5) is 12.2. The van der Waals surface area contributed by atoms with E-state index in [1.54, 1.807) is 6.92 Å². The van der Waals surface area contributed by atoms with E-state index in [9.17, 15) is 4.79 Å². The van der Waals surface area contributed by atoms with Crippen molar-refractivity contribution in [3.8, 4) is 5.75 Å². The first-order valence-corrected chi connectivity index (χ1v) is 7.54. The molecular formula is C19H23NO2. The molecule has 1 amide bonds. The number of benzene rings is 2. The molecule has 0 aromatic heterocycles. The van der Waals surface area contributed by atoms with Crippen LogP contribution in [-0.4, -0.2) is 12.0 Å². The second-order valence-corrected chi connectivity index (χ2v) is 5.60. The zero-order valence-corrected chi connectivity index (χ0v) is 13.6. The third kappa shape index (κ3) is 3.88. The summed E-state index contributed by atoms with van der Waals surface area (Å²) in [6.45, 7) is 8.37. The van der Waals surface area contributed by atoms with Gasteiger partial charge in [0.2, 0.25) is 0 Å². The minimum Gasteiger partial charge on any atom is -0.481 e. The first kappa shape index (κ1) is 16.1. The van der Waals surface area contributed by atoms with Gasteiger partial charge in [0.25, 0.3) is 5.91 Å². The van der Waals surface area contributed by atoms with E-state index in [0.29, 0.717) is 6.54 Å². The highest BCUT2D eigenvalue weighted by Crippen LogP contribution is 2.21. The predicted octanol–water partition coefficient (Wildman–Crippen LogP) is 3.70. The molecule has 0 saturated carbocycles. The third-order valence-electron chi connectivity index (χ3n) is 3.94. The molecule has 0 spiro atoms. The highest BCUT2D eigenvalue weighted by molar-refractivity contribution is 5.80. The summed E-state index contributed by atoms with van der Waals surface area (Å²) in [6.07, 6.45) is -0.524. The molecule has 0 fully saturated rings. The van der Waals surface area contributed by atoms with E-state index in [-0.39, 0.29) is 5.91 Å². The number of nitrogens with one attached hydrogen (secondary N) is 1. The smallest absolute Gasteiger partial charge is 0.261 e. The Morgan fingerprint density at radius 3 is 2.45 bits per heavy atom. The Morgan fingerprint density at radius 1 is 1.05 bits per heavy atom. The maximum Gasteiger partial charge on any atom is 0.261 e. The average Bonchev–Trinajstić information content (AvgIpc) is 2.50. The predicted molar refractivity (Wildman–Crippen MR) is 89.0 cm³/mol. The molecule has 0 aliphatic carbocycles. The van der Waals surface area contributed by atoms with Crippen LogP contribution in [0.25, 0.3) is 0 Å². The topological polar surface area (TPSA) is 38.3 Å². The van der Waals surface area contributed by atoms with Gasteiger partial charge < -0.3 is 10.1 Å². The molecule has 2 rings (SSSR count). The van der Waals surface area contributed by atoms with E-state index in [4.69, 9.17) is 4.74 Å². The van der Waals surface area contributed by atoms with Crippen molar-refractivity contribution in [1.82, 2.24) is 5.32 Å². The monoisotopic (exact) mass is 297 g/mol. The molecule has 0 saturated heterocycles. The van der Waals surface area contributed by atoms with Gasteiger partial charge in [-0.25, -0.2) is 0 Å². The lowest BCUT2D eigenvalue weighted by molar-refractivity contribution is -0.127. The van der Waals surface area contributed by atoms with Crippen LogP contribution in [0.3, 0.4) is 0 Å². The number of aryl methyl sites for hydroxylation is 2. The largest absolute Gasteiger partial charge is 0.481 e. The van der Waals surface area contributed by atoms with Crippen LogP contribution in [-0.2, 0) is 11.3 Å². The molecule has 116 valence electrons. The molecular weight excluding hydrogens is 274 g/mol. The maximum atomic E-state index is 12.2. The molecule has 22 heavy (non-hydrogen) atoms. The van der Waals surface area contributed by atoms with Crippen molar-refractivity contribution >= 4 is 5.91 Å². The van der Waals surface area contributed by atoms with Crippen molar-refractivity contribution in [3.63, 3.8) is 0 Å². The van der Waals surface area contributed by atoms with E-state index in [1.807, 2.05) is 63.2 Å². The highest BCUT2D eigenvalue weighted by Gasteiger charge is 2.15. The number of ether oxygens (including phenoxy) is 1. The molecule has 0 aliphatic rings. The van der Waals surface area contributed by atoms with E-state index >= 15 is 0 Å². The first-order chi connectivity index (χ1) is 10.5. The fourth-order valence-electron chi connectivity index (χ4n) is 2.23. The summed E-state index contributed by atoms with van der Waals surface area (Å²) < 4.78 is 5.79. The maximum absolute atomic E-state index is 12.2. The number of amides is 1. The molecule has 2 aromatic rings. The summed E-state index contributed by atoms with van der Waals surface area (Å²) in [5, 5.41) is 2.93.